The molecule has 6 aromatic rings. The van der Waals surface area contributed by atoms with E-state index >= 15 is 0 Å². The quantitative estimate of drug-likeness (QED) is 0.216. The van der Waals surface area contributed by atoms with Gasteiger partial charge in [0, 0.05) is 10.9 Å². The van der Waals surface area contributed by atoms with Crippen LogP contribution in [0.3, 0.4) is 0 Å². The van der Waals surface area contributed by atoms with Crippen LogP contribution in [0.25, 0.3) is 22.2 Å². The molecule has 1 nitrogen and oxygen atoms in total. The summed E-state index contributed by atoms with van der Waals surface area (Å²) >= 11 is 0. The number of rotatable bonds is 6. The van der Waals surface area contributed by atoms with Crippen molar-refractivity contribution >= 4 is 34.1 Å². The predicted octanol–water partition coefficient (Wildman–Crippen LogP) is 7.70. The Morgan fingerprint density at radius 1 is 0.541 bits per heavy atom. The van der Waals surface area contributed by atoms with Gasteiger partial charge in [-0.1, -0.05) is 97.1 Å². The van der Waals surface area contributed by atoms with Crippen LogP contribution in [0.5, 0.6) is 0 Å². The van der Waals surface area contributed by atoms with Gasteiger partial charge in [0.25, 0.3) is 0 Å². The Morgan fingerprint density at radius 2 is 1.03 bits per heavy atom. The van der Waals surface area contributed by atoms with E-state index in [1.807, 2.05) is 0 Å². The first kappa shape index (κ1) is 23.3. The highest BCUT2D eigenvalue weighted by Crippen LogP contribution is 2.58. The fraction of sp³-hybridized carbons (Fsp3) is 0.0571. The Labute approximate surface area is 219 Å². The fourth-order valence-corrected chi connectivity index (χ4v) is 9.57. The molecule has 0 radical (unpaired) electrons. The summed E-state index contributed by atoms with van der Waals surface area (Å²) in [6, 6.07) is 52.9. The van der Waals surface area contributed by atoms with E-state index in [2.05, 4.69) is 153 Å². The number of pyridine rings is 1. The third kappa shape index (κ3) is 4.48. The first-order chi connectivity index (χ1) is 18.2. The molecule has 6 rings (SSSR count). The molecule has 0 unspecified atom stereocenters. The average Bonchev–Trinajstić information content (AvgIpc) is 2.97. The second-order valence-corrected chi connectivity index (χ2v) is 13.0. The van der Waals surface area contributed by atoms with Gasteiger partial charge in [0.1, 0.15) is 23.2 Å². The topological polar surface area (TPSA) is 12.9 Å². The molecule has 0 aliphatic carbocycles. The maximum Gasteiger partial charge on any atom is 0.116 e. The van der Waals surface area contributed by atoms with Gasteiger partial charge < -0.3 is 0 Å². The Kier molecular flexibility index (Phi) is 6.39. The monoisotopic (exact) mass is 494 g/mol. The highest BCUT2D eigenvalue weighted by molar-refractivity contribution is 7.95. The van der Waals surface area contributed by atoms with Crippen LogP contribution < -0.4 is 15.9 Å². The van der Waals surface area contributed by atoms with E-state index in [-0.39, 0.29) is 0 Å². The van der Waals surface area contributed by atoms with Crippen molar-refractivity contribution in [2.45, 2.75) is 13.1 Å². The normalized spacial score (nSPS) is 11.5. The largest absolute Gasteiger partial charge is 0.248 e. The van der Waals surface area contributed by atoms with E-state index in [0.717, 1.165) is 22.9 Å². The Bertz CT molecular complexity index is 1530. The second kappa shape index (κ2) is 10.1. The molecule has 5 aromatic carbocycles. The summed E-state index contributed by atoms with van der Waals surface area (Å²) in [4.78, 5) is 5.00. The standard InChI is InChI=1S/C35H29NP/c1-27-25-30-13-11-12-20-34(30)36-35(27)29-23-21-28(22-24-29)26-37(31-14-5-2-6-15-31,32-16-7-3-8-17-32)33-18-9-4-10-19-33/h2-25H,26H2,1H3/q+1. The zero-order chi connectivity index (χ0) is 25.1. The molecular formula is C35H29NP+. The van der Waals surface area contributed by atoms with Crippen LogP contribution in [-0.2, 0) is 6.16 Å². The van der Waals surface area contributed by atoms with Crippen LogP contribution in [0.15, 0.2) is 146 Å². The van der Waals surface area contributed by atoms with Crippen LogP contribution in [0, 0.1) is 6.92 Å². The minimum absolute atomic E-state index is 0.968. The van der Waals surface area contributed by atoms with Crippen molar-refractivity contribution in [3.63, 3.8) is 0 Å². The molecule has 178 valence electrons. The second-order valence-electron chi connectivity index (χ2n) is 9.52. The van der Waals surface area contributed by atoms with Gasteiger partial charge in [0.15, 0.2) is 0 Å². The molecule has 0 N–H and O–H groups in total. The van der Waals surface area contributed by atoms with Gasteiger partial charge in [-0.05, 0) is 66.6 Å². The summed E-state index contributed by atoms with van der Waals surface area (Å²) in [6.45, 7) is 2.15. The SMILES string of the molecule is Cc1cc2ccccc2nc1-c1ccc(C[P+](c2ccccc2)(c2ccccc2)c2ccccc2)cc1. The Hall–Kier alpha value is -4.06. The molecule has 0 fully saturated rings. The number of benzene rings is 5. The molecule has 0 atom stereocenters. The molecule has 1 heterocycles. The highest BCUT2D eigenvalue weighted by atomic mass is 31.2. The molecule has 0 spiro atoms. The molecule has 0 amide bonds. The minimum Gasteiger partial charge on any atom is -0.248 e. The van der Waals surface area contributed by atoms with Crippen molar-refractivity contribution in [2.75, 3.05) is 0 Å². The number of hydrogen-bond acceptors (Lipinski definition) is 1. The molecule has 0 aliphatic rings. The first-order valence-electron chi connectivity index (χ1n) is 12.7. The van der Waals surface area contributed by atoms with Crippen LogP contribution >= 0.6 is 7.26 Å². The zero-order valence-electron chi connectivity index (χ0n) is 21.0. The lowest BCUT2D eigenvalue weighted by Crippen LogP contribution is -2.32. The maximum atomic E-state index is 5.00. The predicted molar refractivity (Wildman–Crippen MR) is 161 cm³/mol. The number of para-hydroxylation sites is 1. The van der Waals surface area contributed by atoms with Crippen LogP contribution in [0.1, 0.15) is 11.1 Å². The van der Waals surface area contributed by atoms with Gasteiger partial charge in [0.05, 0.1) is 17.4 Å². The Morgan fingerprint density at radius 3 is 1.57 bits per heavy atom. The van der Waals surface area contributed by atoms with Crippen molar-refractivity contribution in [3.8, 4) is 11.3 Å². The smallest absolute Gasteiger partial charge is 0.116 e. The molecule has 2 heteroatoms. The summed E-state index contributed by atoms with van der Waals surface area (Å²) in [5.41, 5.74) is 5.79. The Balaban J connectivity index is 1.46. The first-order valence-corrected chi connectivity index (χ1v) is 14.7. The van der Waals surface area contributed by atoms with Crippen molar-refractivity contribution in [1.29, 1.82) is 0 Å². The van der Waals surface area contributed by atoms with Gasteiger partial charge in [-0.2, -0.15) is 0 Å². The van der Waals surface area contributed by atoms with Crippen LogP contribution in [-0.4, -0.2) is 4.98 Å². The van der Waals surface area contributed by atoms with E-state index in [1.54, 1.807) is 0 Å². The number of aromatic nitrogens is 1. The van der Waals surface area contributed by atoms with Crippen LogP contribution in [0.2, 0.25) is 0 Å². The van der Waals surface area contributed by atoms with E-state index in [1.165, 1.54) is 32.4 Å². The molecule has 0 saturated carbocycles. The lowest BCUT2D eigenvalue weighted by Gasteiger charge is -2.28. The van der Waals surface area contributed by atoms with Crippen molar-refractivity contribution < 1.29 is 0 Å². The third-order valence-corrected chi connectivity index (χ3v) is 11.5. The third-order valence-electron chi connectivity index (χ3n) is 7.15. The van der Waals surface area contributed by atoms with Gasteiger partial charge >= 0.3 is 0 Å². The number of fused-ring (bicyclic) bond motifs is 1. The average molecular weight is 495 g/mol. The summed E-state index contributed by atoms with van der Waals surface area (Å²) < 4.78 is 0. The van der Waals surface area contributed by atoms with E-state index in [4.69, 9.17) is 4.98 Å². The number of nitrogens with zero attached hydrogens (tertiary/aromatic N) is 1. The number of aryl methyl sites for hydroxylation is 1. The molecule has 37 heavy (non-hydrogen) atoms. The van der Waals surface area contributed by atoms with Gasteiger partial charge in [-0.15, -0.1) is 0 Å². The van der Waals surface area contributed by atoms with Gasteiger partial charge in [-0.3, -0.25) is 0 Å². The fourth-order valence-electron chi connectivity index (χ4n) is 5.32. The number of hydrogen-bond donors (Lipinski definition) is 0. The summed E-state index contributed by atoms with van der Waals surface area (Å²) in [7, 11) is -1.92. The van der Waals surface area contributed by atoms with E-state index < -0.39 is 7.26 Å². The van der Waals surface area contributed by atoms with Crippen LogP contribution in [0.4, 0.5) is 0 Å². The highest BCUT2D eigenvalue weighted by Gasteiger charge is 2.45. The van der Waals surface area contributed by atoms with Crippen molar-refractivity contribution in [1.82, 2.24) is 4.98 Å². The molecular weight excluding hydrogens is 465 g/mol. The lowest BCUT2D eigenvalue weighted by molar-refractivity contribution is 1.32. The van der Waals surface area contributed by atoms with E-state index in [9.17, 15) is 0 Å². The van der Waals surface area contributed by atoms with Gasteiger partial charge in [-0.25, -0.2) is 4.98 Å². The molecule has 0 bridgehead atoms. The lowest BCUT2D eigenvalue weighted by atomic mass is 10.0. The summed E-state index contributed by atoms with van der Waals surface area (Å²) in [5.74, 6) is 0. The summed E-state index contributed by atoms with van der Waals surface area (Å²) in [5, 5.41) is 5.40. The molecule has 1 aromatic heterocycles. The van der Waals surface area contributed by atoms with E-state index in [0.29, 0.717) is 0 Å². The maximum absolute atomic E-state index is 5.00. The van der Waals surface area contributed by atoms with Gasteiger partial charge in [0.2, 0.25) is 0 Å². The molecule has 0 saturated heterocycles. The van der Waals surface area contributed by atoms with Crippen molar-refractivity contribution in [3.05, 3.63) is 157 Å². The summed E-state index contributed by atoms with van der Waals surface area (Å²) in [6.07, 6.45) is 0.968. The molecule has 0 aliphatic heterocycles. The minimum atomic E-state index is -1.92. The zero-order valence-corrected chi connectivity index (χ0v) is 21.9. The van der Waals surface area contributed by atoms with Crippen molar-refractivity contribution in [2.24, 2.45) is 0 Å².